The number of hydrogen-bond donors (Lipinski definition) is 3. The average Bonchev–Trinajstić information content (AvgIpc) is 2.55. The van der Waals surface area contributed by atoms with Crippen LogP contribution in [0.2, 0.25) is 5.02 Å². The highest BCUT2D eigenvalue weighted by molar-refractivity contribution is 6.33. The minimum atomic E-state index is -0.283. The van der Waals surface area contributed by atoms with Crippen LogP contribution in [0.25, 0.3) is 0 Å². The summed E-state index contributed by atoms with van der Waals surface area (Å²) in [4.78, 5) is 24.0. The van der Waals surface area contributed by atoms with Gasteiger partial charge in [0, 0.05) is 5.69 Å². The van der Waals surface area contributed by atoms with Gasteiger partial charge in [-0.3, -0.25) is 9.59 Å². The topological polar surface area (TPSA) is 70.2 Å². The van der Waals surface area contributed by atoms with Crippen LogP contribution in [0.5, 0.6) is 0 Å². The maximum absolute atomic E-state index is 12.1. The van der Waals surface area contributed by atoms with Gasteiger partial charge in [0.1, 0.15) is 0 Å². The van der Waals surface area contributed by atoms with Crippen molar-refractivity contribution in [3.8, 4) is 0 Å². The lowest BCUT2D eigenvalue weighted by molar-refractivity contribution is -0.122. The summed E-state index contributed by atoms with van der Waals surface area (Å²) in [5, 5.41) is 8.97. The van der Waals surface area contributed by atoms with E-state index in [0.717, 1.165) is 27.9 Å². The van der Waals surface area contributed by atoms with Crippen LogP contribution in [0.3, 0.4) is 0 Å². The lowest BCUT2D eigenvalue weighted by atomic mass is 10.1. The first kappa shape index (κ1) is 19.8. The molecule has 0 aliphatic heterocycles. The molecule has 0 saturated carbocycles. The fourth-order valence-electron chi connectivity index (χ4n) is 2.74. The van der Waals surface area contributed by atoms with E-state index in [1.54, 1.807) is 0 Å². The molecule has 3 N–H and O–H groups in total. The van der Waals surface area contributed by atoms with Crippen molar-refractivity contribution < 1.29 is 9.59 Å². The predicted molar refractivity (Wildman–Crippen MR) is 107 cm³/mol. The van der Waals surface area contributed by atoms with Crippen molar-refractivity contribution in [1.82, 2.24) is 5.32 Å². The molecule has 6 heteroatoms. The molecule has 2 rings (SSSR count). The molecule has 0 spiro atoms. The zero-order valence-electron chi connectivity index (χ0n) is 15.5. The SMILES string of the molecule is Cc1cc(C)c(NC(=O)CNC(=O)CNc2ccc(C)cc2Cl)c(C)c1. The molecule has 0 bridgehead atoms. The molecule has 5 nitrogen and oxygen atoms in total. The molecule has 0 aliphatic rings. The first-order valence-corrected chi connectivity index (χ1v) is 8.78. The highest BCUT2D eigenvalue weighted by Gasteiger charge is 2.10. The Morgan fingerprint density at radius 3 is 2.15 bits per heavy atom. The number of carbonyl (C=O) groups is 2. The molecular weight excluding hydrogens is 350 g/mol. The van der Waals surface area contributed by atoms with Crippen molar-refractivity contribution in [2.45, 2.75) is 27.7 Å². The Morgan fingerprint density at radius 1 is 0.885 bits per heavy atom. The Kier molecular flexibility index (Phi) is 6.64. The summed E-state index contributed by atoms with van der Waals surface area (Å²) in [6, 6.07) is 9.57. The molecule has 0 heterocycles. The molecular formula is C20H24ClN3O2. The Morgan fingerprint density at radius 2 is 1.54 bits per heavy atom. The number of carbonyl (C=O) groups excluding carboxylic acids is 2. The summed E-state index contributed by atoms with van der Waals surface area (Å²) in [5.74, 6) is -0.545. The highest BCUT2D eigenvalue weighted by atomic mass is 35.5. The van der Waals surface area contributed by atoms with Gasteiger partial charge in [-0.1, -0.05) is 35.4 Å². The van der Waals surface area contributed by atoms with E-state index in [1.807, 2.05) is 58.0 Å². The molecule has 138 valence electrons. The lowest BCUT2D eigenvalue weighted by Crippen LogP contribution is -2.36. The summed E-state index contributed by atoms with van der Waals surface area (Å²) in [6.45, 7) is 7.80. The summed E-state index contributed by atoms with van der Waals surface area (Å²) in [5.41, 5.74) is 5.66. The standard InChI is InChI=1S/C20H24ClN3O2/c1-12-5-6-17(16(21)9-12)22-10-18(25)23-11-19(26)24-20-14(3)7-13(2)8-15(20)4/h5-9,22H,10-11H2,1-4H3,(H,23,25)(H,24,26). The molecule has 0 fully saturated rings. The number of halogens is 1. The van der Waals surface area contributed by atoms with Crippen molar-refractivity contribution in [2.75, 3.05) is 23.7 Å². The molecule has 26 heavy (non-hydrogen) atoms. The molecule has 0 atom stereocenters. The third kappa shape index (κ3) is 5.49. The van der Waals surface area contributed by atoms with Crippen LogP contribution in [0.4, 0.5) is 11.4 Å². The molecule has 0 unspecified atom stereocenters. The van der Waals surface area contributed by atoms with Gasteiger partial charge in [0.2, 0.25) is 11.8 Å². The van der Waals surface area contributed by atoms with Crippen LogP contribution in [-0.4, -0.2) is 24.9 Å². The largest absolute Gasteiger partial charge is 0.375 e. The first-order chi connectivity index (χ1) is 12.3. The Labute approximate surface area is 159 Å². The fourth-order valence-corrected chi connectivity index (χ4v) is 3.04. The van der Waals surface area contributed by atoms with Gasteiger partial charge in [-0.05, 0) is 56.5 Å². The van der Waals surface area contributed by atoms with Gasteiger partial charge < -0.3 is 16.0 Å². The zero-order chi connectivity index (χ0) is 19.3. The Balaban J connectivity index is 1.83. The molecule has 0 saturated heterocycles. The van der Waals surface area contributed by atoms with Gasteiger partial charge in [-0.25, -0.2) is 0 Å². The smallest absolute Gasteiger partial charge is 0.243 e. The van der Waals surface area contributed by atoms with E-state index >= 15 is 0 Å². The van der Waals surface area contributed by atoms with Crippen LogP contribution in [0, 0.1) is 27.7 Å². The number of nitrogens with one attached hydrogen (secondary N) is 3. The van der Waals surface area contributed by atoms with Crippen LogP contribution in [0.15, 0.2) is 30.3 Å². The number of anilines is 2. The van der Waals surface area contributed by atoms with Gasteiger partial charge >= 0.3 is 0 Å². The van der Waals surface area contributed by atoms with E-state index in [1.165, 1.54) is 0 Å². The molecule has 0 radical (unpaired) electrons. The molecule has 2 aromatic rings. The van der Waals surface area contributed by atoms with Crippen molar-refractivity contribution in [3.05, 3.63) is 57.6 Å². The van der Waals surface area contributed by atoms with Crippen LogP contribution >= 0.6 is 11.6 Å². The van der Waals surface area contributed by atoms with Crippen molar-refractivity contribution in [3.63, 3.8) is 0 Å². The fraction of sp³-hybridized carbons (Fsp3) is 0.300. The Hall–Kier alpha value is -2.53. The third-order valence-corrected chi connectivity index (χ3v) is 4.26. The van der Waals surface area contributed by atoms with Crippen molar-refractivity contribution in [1.29, 1.82) is 0 Å². The van der Waals surface area contributed by atoms with Gasteiger partial charge in [-0.15, -0.1) is 0 Å². The number of amides is 2. The molecule has 0 aliphatic carbocycles. The van der Waals surface area contributed by atoms with E-state index in [-0.39, 0.29) is 24.9 Å². The maximum Gasteiger partial charge on any atom is 0.243 e. The monoisotopic (exact) mass is 373 g/mol. The van der Waals surface area contributed by atoms with Gasteiger partial charge in [0.15, 0.2) is 0 Å². The van der Waals surface area contributed by atoms with E-state index in [0.29, 0.717) is 10.7 Å². The second-order valence-corrected chi connectivity index (χ2v) is 6.84. The van der Waals surface area contributed by atoms with E-state index in [4.69, 9.17) is 11.6 Å². The summed E-state index contributed by atoms with van der Waals surface area (Å²) in [7, 11) is 0. The summed E-state index contributed by atoms with van der Waals surface area (Å²) >= 11 is 6.11. The minimum Gasteiger partial charge on any atom is -0.375 e. The first-order valence-electron chi connectivity index (χ1n) is 8.40. The second kappa shape index (κ2) is 8.72. The third-order valence-electron chi connectivity index (χ3n) is 3.95. The van der Waals surface area contributed by atoms with Gasteiger partial charge in [0.05, 0.1) is 23.8 Å². The summed E-state index contributed by atoms with van der Waals surface area (Å²) in [6.07, 6.45) is 0. The minimum absolute atomic E-state index is 0.0403. The summed E-state index contributed by atoms with van der Waals surface area (Å²) < 4.78 is 0. The van der Waals surface area contributed by atoms with E-state index in [9.17, 15) is 9.59 Å². The molecule has 0 aromatic heterocycles. The van der Waals surface area contributed by atoms with E-state index < -0.39 is 0 Å². The molecule has 2 aromatic carbocycles. The number of rotatable bonds is 6. The van der Waals surface area contributed by atoms with Crippen molar-refractivity contribution >= 4 is 34.8 Å². The number of aryl methyl sites for hydroxylation is 4. The van der Waals surface area contributed by atoms with Gasteiger partial charge in [-0.2, -0.15) is 0 Å². The van der Waals surface area contributed by atoms with Crippen LogP contribution < -0.4 is 16.0 Å². The quantitative estimate of drug-likeness (QED) is 0.722. The van der Waals surface area contributed by atoms with Crippen LogP contribution in [0.1, 0.15) is 22.3 Å². The average molecular weight is 374 g/mol. The highest BCUT2D eigenvalue weighted by Crippen LogP contribution is 2.22. The molecule has 2 amide bonds. The van der Waals surface area contributed by atoms with Crippen molar-refractivity contribution in [2.24, 2.45) is 0 Å². The second-order valence-electron chi connectivity index (χ2n) is 6.44. The number of hydrogen-bond acceptors (Lipinski definition) is 3. The maximum atomic E-state index is 12.1. The van der Waals surface area contributed by atoms with Gasteiger partial charge in [0.25, 0.3) is 0 Å². The predicted octanol–water partition coefficient (Wildman–Crippen LogP) is 3.74. The van der Waals surface area contributed by atoms with E-state index in [2.05, 4.69) is 16.0 Å². The zero-order valence-corrected chi connectivity index (χ0v) is 16.3. The van der Waals surface area contributed by atoms with Crippen LogP contribution in [-0.2, 0) is 9.59 Å². The lowest BCUT2D eigenvalue weighted by Gasteiger charge is -2.13. The number of benzene rings is 2. The Bertz CT molecular complexity index is 811. The normalized spacial score (nSPS) is 10.3.